The van der Waals surface area contributed by atoms with E-state index in [1.165, 1.54) is 5.01 Å². The van der Waals surface area contributed by atoms with Crippen molar-refractivity contribution in [3.8, 4) is 0 Å². The second kappa shape index (κ2) is 4.45. The third-order valence-corrected chi connectivity index (χ3v) is 4.35. The van der Waals surface area contributed by atoms with Crippen LogP contribution < -0.4 is 0 Å². The van der Waals surface area contributed by atoms with Crippen molar-refractivity contribution in [1.82, 2.24) is 9.99 Å². The Hall–Kier alpha value is -2.62. The van der Waals surface area contributed by atoms with Crippen molar-refractivity contribution in [2.45, 2.75) is 6.92 Å². The number of rotatable bonds is 2. The molecule has 104 valence electrons. The molecule has 21 heavy (non-hydrogen) atoms. The number of nitroso groups, excluding NO2 is 1. The van der Waals surface area contributed by atoms with Crippen LogP contribution in [0, 0.1) is 16.7 Å². The van der Waals surface area contributed by atoms with Crippen LogP contribution in [0.25, 0.3) is 16.6 Å². The lowest BCUT2D eigenvalue weighted by molar-refractivity contribution is 0.447. The Morgan fingerprint density at radius 2 is 2.14 bits per heavy atom. The molecule has 2 aliphatic rings. The SMILES string of the molecule is CC1C=CC=C2C1C=C(c1c[nH]c3ccccc13)N2N=O. The van der Waals surface area contributed by atoms with Crippen molar-refractivity contribution >= 4 is 16.6 Å². The molecule has 0 bridgehead atoms. The maximum atomic E-state index is 11.4. The Labute approximate surface area is 122 Å². The minimum absolute atomic E-state index is 0.219. The highest BCUT2D eigenvalue weighted by Gasteiger charge is 2.35. The van der Waals surface area contributed by atoms with E-state index in [2.05, 4.69) is 35.4 Å². The topological polar surface area (TPSA) is 48.5 Å². The number of H-pyrrole nitrogens is 1. The molecule has 0 radical (unpaired) electrons. The summed E-state index contributed by atoms with van der Waals surface area (Å²) in [6.45, 7) is 2.16. The first-order chi connectivity index (χ1) is 10.3. The number of aromatic amines is 1. The van der Waals surface area contributed by atoms with Crippen LogP contribution in [0.15, 0.2) is 65.7 Å². The molecule has 1 N–H and O–H groups in total. The van der Waals surface area contributed by atoms with Crippen LogP contribution >= 0.6 is 0 Å². The fraction of sp³-hybridized carbons (Fsp3) is 0.176. The summed E-state index contributed by atoms with van der Waals surface area (Å²) in [5.74, 6) is 0.591. The molecule has 2 aromatic rings. The number of nitrogens with zero attached hydrogens (tertiary/aromatic N) is 2. The first kappa shape index (κ1) is 12.1. The molecule has 1 aromatic heterocycles. The van der Waals surface area contributed by atoms with Crippen molar-refractivity contribution in [2.75, 3.05) is 0 Å². The van der Waals surface area contributed by atoms with Gasteiger partial charge in [-0.3, -0.25) is 0 Å². The Morgan fingerprint density at radius 3 is 3.00 bits per heavy atom. The van der Waals surface area contributed by atoms with E-state index in [1.807, 2.05) is 36.5 Å². The van der Waals surface area contributed by atoms with Gasteiger partial charge in [0.05, 0.1) is 16.7 Å². The third-order valence-electron chi connectivity index (χ3n) is 4.35. The van der Waals surface area contributed by atoms with Gasteiger partial charge in [0.2, 0.25) is 0 Å². The summed E-state index contributed by atoms with van der Waals surface area (Å²) in [5, 5.41) is 5.89. The van der Waals surface area contributed by atoms with Gasteiger partial charge in [0, 0.05) is 28.6 Å². The third kappa shape index (κ3) is 1.69. The van der Waals surface area contributed by atoms with E-state index < -0.39 is 0 Å². The van der Waals surface area contributed by atoms with Crippen molar-refractivity contribution in [2.24, 2.45) is 17.1 Å². The number of benzene rings is 1. The number of para-hydroxylation sites is 1. The molecule has 2 atom stereocenters. The maximum absolute atomic E-state index is 11.4. The summed E-state index contributed by atoms with van der Waals surface area (Å²) in [4.78, 5) is 14.6. The molecule has 4 nitrogen and oxygen atoms in total. The normalized spacial score (nSPS) is 24.0. The average Bonchev–Trinajstić information content (AvgIpc) is 3.08. The second-order valence-corrected chi connectivity index (χ2v) is 5.55. The molecule has 0 saturated carbocycles. The summed E-state index contributed by atoms with van der Waals surface area (Å²) < 4.78 is 0. The molecule has 0 spiro atoms. The van der Waals surface area contributed by atoms with Crippen molar-refractivity contribution in [3.05, 3.63) is 70.9 Å². The summed E-state index contributed by atoms with van der Waals surface area (Å²) in [6.07, 6.45) is 10.2. The van der Waals surface area contributed by atoms with Gasteiger partial charge in [-0.05, 0) is 24.1 Å². The summed E-state index contributed by atoms with van der Waals surface area (Å²) in [6, 6.07) is 8.09. The van der Waals surface area contributed by atoms with E-state index in [4.69, 9.17) is 0 Å². The Balaban J connectivity index is 1.88. The molecule has 1 aliphatic heterocycles. The van der Waals surface area contributed by atoms with Crippen LogP contribution in [0.1, 0.15) is 12.5 Å². The predicted octanol–water partition coefficient (Wildman–Crippen LogP) is 4.21. The van der Waals surface area contributed by atoms with E-state index in [0.29, 0.717) is 5.92 Å². The van der Waals surface area contributed by atoms with Gasteiger partial charge in [0.1, 0.15) is 0 Å². The van der Waals surface area contributed by atoms with E-state index >= 15 is 0 Å². The molecular formula is C17H15N3O. The van der Waals surface area contributed by atoms with Crippen molar-refractivity contribution < 1.29 is 0 Å². The van der Waals surface area contributed by atoms with Gasteiger partial charge in [-0.2, -0.15) is 0 Å². The number of hydrogen-bond acceptors (Lipinski definition) is 2. The number of hydrogen-bond donors (Lipinski definition) is 1. The standard InChI is InChI=1S/C17H15N3O/c1-11-5-4-8-16-13(11)9-17(20(16)19-21)14-10-18-15-7-3-2-6-12(14)15/h2-11,13,18H,1H3. The Bertz CT molecular complexity index is 812. The van der Waals surface area contributed by atoms with E-state index in [-0.39, 0.29) is 5.92 Å². The molecule has 1 aliphatic carbocycles. The van der Waals surface area contributed by atoms with Gasteiger partial charge in [0.15, 0.2) is 0 Å². The summed E-state index contributed by atoms with van der Waals surface area (Å²) >= 11 is 0. The van der Waals surface area contributed by atoms with Gasteiger partial charge < -0.3 is 4.98 Å². The van der Waals surface area contributed by atoms with Crippen LogP contribution in [-0.4, -0.2) is 9.99 Å². The van der Waals surface area contributed by atoms with Crippen LogP contribution in [0.2, 0.25) is 0 Å². The molecule has 0 saturated heterocycles. The van der Waals surface area contributed by atoms with Crippen LogP contribution in [0.5, 0.6) is 0 Å². The van der Waals surface area contributed by atoms with E-state index in [0.717, 1.165) is 27.9 Å². The lowest BCUT2D eigenvalue weighted by Crippen LogP contribution is -2.17. The van der Waals surface area contributed by atoms with Gasteiger partial charge in [0.25, 0.3) is 0 Å². The minimum Gasteiger partial charge on any atom is -0.360 e. The first-order valence-electron chi connectivity index (χ1n) is 7.09. The first-order valence-corrected chi connectivity index (χ1v) is 7.09. The monoisotopic (exact) mass is 277 g/mol. The predicted molar refractivity (Wildman–Crippen MR) is 83.8 cm³/mol. The van der Waals surface area contributed by atoms with Crippen LogP contribution in [0.3, 0.4) is 0 Å². The smallest absolute Gasteiger partial charge is 0.0742 e. The molecule has 4 heteroatoms. The van der Waals surface area contributed by atoms with Crippen LogP contribution in [-0.2, 0) is 0 Å². The quantitative estimate of drug-likeness (QED) is 0.836. The van der Waals surface area contributed by atoms with E-state index in [9.17, 15) is 4.91 Å². The average molecular weight is 277 g/mol. The number of nitrogens with one attached hydrogen (secondary N) is 1. The van der Waals surface area contributed by atoms with Gasteiger partial charge in [-0.1, -0.05) is 37.3 Å². The van der Waals surface area contributed by atoms with Gasteiger partial charge in [-0.15, -0.1) is 4.91 Å². The number of allylic oxidation sites excluding steroid dienone is 4. The summed E-state index contributed by atoms with van der Waals surface area (Å²) in [7, 11) is 0. The van der Waals surface area contributed by atoms with Gasteiger partial charge in [-0.25, -0.2) is 5.01 Å². The number of aromatic nitrogens is 1. The molecule has 0 amide bonds. The van der Waals surface area contributed by atoms with Crippen LogP contribution in [0.4, 0.5) is 0 Å². The van der Waals surface area contributed by atoms with E-state index in [1.54, 1.807) is 0 Å². The fourth-order valence-electron chi connectivity index (χ4n) is 3.24. The Kier molecular flexibility index (Phi) is 2.57. The van der Waals surface area contributed by atoms with Gasteiger partial charge >= 0.3 is 0 Å². The lowest BCUT2D eigenvalue weighted by Gasteiger charge is -2.22. The Morgan fingerprint density at radius 1 is 1.29 bits per heavy atom. The van der Waals surface area contributed by atoms with Crippen molar-refractivity contribution in [3.63, 3.8) is 0 Å². The fourth-order valence-corrected chi connectivity index (χ4v) is 3.24. The zero-order chi connectivity index (χ0) is 14.4. The molecule has 0 fully saturated rings. The largest absolute Gasteiger partial charge is 0.360 e. The summed E-state index contributed by atoms with van der Waals surface area (Å²) in [5.41, 5.74) is 3.91. The highest BCUT2D eigenvalue weighted by Crippen LogP contribution is 2.43. The highest BCUT2D eigenvalue weighted by atomic mass is 16.3. The minimum atomic E-state index is 0.219. The molecule has 1 aromatic carbocycles. The zero-order valence-corrected chi connectivity index (χ0v) is 11.7. The zero-order valence-electron chi connectivity index (χ0n) is 11.7. The highest BCUT2D eigenvalue weighted by molar-refractivity contribution is 5.93. The maximum Gasteiger partial charge on any atom is 0.0742 e. The number of fused-ring (bicyclic) bond motifs is 2. The molecule has 2 heterocycles. The van der Waals surface area contributed by atoms with Crippen molar-refractivity contribution in [1.29, 1.82) is 0 Å². The molecular weight excluding hydrogens is 262 g/mol. The lowest BCUT2D eigenvalue weighted by atomic mass is 9.88. The second-order valence-electron chi connectivity index (χ2n) is 5.55. The molecule has 2 unspecified atom stereocenters. The molecule has 4 rings (SSSR count).